The molecule has 0 saturated carbocycles. The summed E-state index contributed by atoms with van der Waals surface area (Å²) in [7, 11) is 1.62. The average molecular weight is 321 g/mol. The first-order valence-corrected chi connectivity index (χ1v) is 6.86. The van der Waals surface area contributed by atoms with E-state index in [2.05, 4.69) is 15.9 Å². The Bertz CT molecular complexity index is 564. The fourth-order valence-electron chi connectivity index (χ4n) is 1.59. The molecule has 0 saturated heterocycles. The Balaban J connectivity index is 2.16. The van der Waals surface area contributed by atoms with E-state index in [9.17, 15) is 4.79 Å². The van der Waals surface area contributed by atoms with E-state index >= 15 is 0 Å². The highest BCUT2D eigenvalue weighted by molar-refractivity contribution is 9.09. The maximum atomic E-state index is 11.6. The Labute approximate surface area is 120 Å². The average Bonchev–Trinajstić information content (AvgIpc) is 2.47. The molecule has 19 heavy (non-hydrogen) atoms. The van der Waals surface area contributed by atoms with Crippen LogP contribution in [0.1, 0.15) is 10.4 Å². The molecule has 2 aromatic rings. The van der Waals surface area contributed by atoms with Crippen LogP contribution >= 0.6 is 15.9 Å². The molecular formula is C15H13BrO3. The summed E-state index contributed by atoms with van der Waals surface area (Å²) in [5.74, 6) is 2.14. The molecule has 0 aliphatic carbocycles. The van der Waals surface area contributed by atoms with Gasteiger partial charge < -0.3 is 9.47 Å². The highest BCUT2D eigenvalue weighted by Gasteiger charge is 2.05. The van der Waals surface area contributed by atoms with Crippen LogP contribution in [-0.2, 0) is 0 Å². The number of benzene rings is 2. The monoisotopic (exact) mass is 320 g/mol. The Morgan fingerprint density at radius 3 is 2.37 bits per heavy atom. The number of carbonyl (C=O) groups is 1. The largest absolute Gasteiger partial charge is 0.497 e. The van der Waals surface area contributed by atoms with Gasteiger partial charge in [-0.15, -0.1) is 0 Å². The smallest absolute Gasteiger partial charge is 0.173 e. The zero-order valence-electron chi connectivity index (χ0n) is 10.4. The van der Waals surface area contributed by atoms with Crippen LogP contribution in [0.3, 0.4) is 0 Å². The molecule has 0 radical (unpaired) electrons. The van der Waals surface area contributed by atoms with Gasteiger partial charge in [0.1, 0.15) is 17.2 Å². The Morgan fingerprint density at radius 1 is 1.05 bits per heavy atom. The molecule has 0 aromatic heterocycles. The second-order valence-electron chi connectivity index (χ2n) is 3.86. The van der Waals surface area contributed by atoms with Crippen LogP contribution in [-0.4, -0.2) is 18.2 Å². The van der Waals surface area contributed by atoms with Crippen LogP contribution in [0.25, 0.3) is 0 Å². The van der Waals surface area contributed by atoms with Crippen LogP contribution in [0.2, 0.25) is 0 Å². The van der Waals surface area contributed by atoms with Crippen molar-refractivity contribution in [1.29, 1.82) is 0 Å². The number of halogens is 1. The molecule has 98 valence electrons. The number of methoxy groups -OCH3 is 1. The molecule has 0 bridgehead atoms. The second kappa shape index (κ2) is 6.38. The molecule has 4 heteroatoms. The van der Waals surface area contributed by atoms with E-state index in [1.54, 1.807) is 25.3 Å². The van der Waals surface area contributed by atoms with Crippen LogP contribution < -0.4 is 9.47 Å². The molecule has 0 N–H and O–H groups in total. The lowest BCUT2D eigenvalue weighted by Gasteiger charge is -2.07. The van der Waals surface area contributed by atoms with Gasteiger partial charge in [0.2, 0.25) is 0 Å². The molecule has 2 aromatic carbocycles. The fourth-order valence-corrected chi connectivity index (χ4v) is 1.91. The van der Waals surface area contributed by atoms with Crippen molar-refractivity contribution >= 4 is 21.7 Å². The van der Waals surface area contributed by atoms with E-state index in [4.69, 9.17) is 9.47 Å². The van der Waals surface area contributed by atoms with Crippen molar-refractivity contribution in [3.8, 4) is 17.2 Å². The quantitative estimate of drug-likeness (QED) is 0.615. The van der Waals surface area contributed by atoms with E-state index in [0.29, 0.717) is 22.4 Å². The molecule has 0 amide bonds. The lowest BCUT2D eigenvalue weighted by atomic mass is 10.1. The van der Waals surface area contributed by atoms with Crippen molar-refractivity contribution in [2.24, 2.45) is 0 Å². The van der Waals surface area contributed by atoms with Crippen molar-refractivity contribution in [2.75, 3.05) is 12.4 Å². The van der Waals surface area contributed by atoms with Crippen LogP contribution in [0.5, 0.6) is 17.2 Å². The lowest BCUT2D eigenvalue weighted by Crippen LogP contribution is -1.99. The van der Waals surface area contributed by atoms with Gasteiger partial charge in [0, 0.05) is 5.56 Å². The minimum atomic E-state index is 0.0279. The van der Waals surface area contributed by atoms with Gasteiger partial charge in [0.25, 0.3) is 0 Å². The number of alkyl halides is 1. The molecule has 0 fully saturated rings. The Hall–Kier alpha value is -1.81. The van der Waals surface area contributed by atoms with E-state index in [-0.39, 0.29) is 5.78 Å². The maximum Gasteiger partial charge on any atom is 0.173 e. The molecule has 0 heterocycles. The van der Waals surface area contributed by atoms with Gasteiger partial charge in [-0.25, -0.2) is 0 Å². The van der Waals surface area contributed by atoms with Gasteiger partial charge in [-0.3, -0.25) is 4.79 Å². The minimum Gasteiger partial charge on any atom is -0.497 e. The van der Waals surface area contributed by atoms with E-state index in [0.717, 1.165) is 5.75 Å². The standard InChI is InChI=1S/C15H13BrO3/c1-18-12-5-7-13(8-6-12)19-14-4-2-3-11(9-14)15(17)10-16/h2-9H,10H2,1H3. The highest BCUT2D eigenvalue weighted by Crippen LogP contribution is 2.24. The fraction of sp³-hybridized carbons (Fsp3) is 0.133. The highest BCUT2D eigenvalue weighted by atomic mass is 79.9. The van der Waals surface area contributed by atoms with Crippen LogP contribution in [0.15, 0.2) is 48.5 Å². The van der Waals surface area contributed by atoms with Gasteiger partial charge in [0.15, 0.2) is 5.78 Å². The van der Waals surface area contributed by atoms with Gasteiger partial charge in [-0.05, 0) is 36.4 Å². The molecule has 0 aliphatic heterocycles. The summed E-state index contributed by atoms with van der Waals surface area (Å²) in [4.78, 5) is 11.6. The van der Waals surface area contributed by atoms with Gasteiger partial charge >= 0.3 is 0 Å². The van der Waals surface area contributed by atoms with Crippen molar-refractivity contribution < 1.29 is 14.3 Å². The zero-order valence-corrected chi connectivity index (χ0v) is 12.0. The number of Topliss-reactive ketones (excluding diaryl/α,β-unsaturated/α-hetero) is 1. The third kappa shape index (κ3) is 3.58. The molecule has 0 unspecified atom stereocenters. The number of ether oxygens (including phenoxy) is 2. The molecule has 2 rings (SSSR count). The topological polar surface area (TPSA) is 35.5 Å². The summed E-state index contributed by atoms with van der Waals surface area (Å²) in [6.07, 6.45) is 0. The number of ketones is 1. The van der Waals surface area contributed by atoms with Crippen molar-refractivity contribution in [1.82, 2.24) is 0 Å². The van der Waals surface area contributed by atoms with Gasteiger partial charge in [-0.2, -0.15) is 0 Å². The summed E-state index contributed by atoms with van der Waals surface area (Å²) in [5.41, 5.74) is 0.628. The van der Waals surface area contributed by atoms with Gasteiger partial charge in [0.05, 0.1) is 12.4 Å². The number of hydrogen-bond donors (Lipinski definition) is 0. The van der Waals surface area contributed by atoms with Crippen molar-refractivity contribution in [3.05, 3.63) is 54.1 Å². The van der Waals surface area contributed by atoms with E-state index < -0.39 is 0 Å². The van der Waals surface area contributed by atoms with Crippen LogP contribution in [0.4, 0.5) is 0 Å². The minimum absolute atomic E-state index is 0.0279. The molecule has 0 aliphatic rings. The van der Waals surface area contributed by atoms with E-state index in [1.807, 2.05) is 30.3 Å². The van der Waals surface area contributed by atoms with Gasteiger partial charge in [-0.1, -0.05) is 28.1 Å². The summed E-state index contributed by atoms with van der Waals surface area (Å²) >= 11 is 3.15. The predicted molar refractivity (Wildman–Crippen MR) is 77.6 cm³/mol. The normalized spacial score (nSPS) is 10.0. The SMILES string of the molecule is COc1ccc(Oc2cccc(C(=O)CBr)c2)cc1. The Kier molecular flexibility index (Phi) is 4.58. The molecule has 3 nitrogen and oxygen atoms in total. The Morgan fingerprint density at radius 2 is 1.74 bits per heavy atom. The number of carbonyl (C=O) groups excluding carboxylic acids is 1. The summed E-state index contributed by atoms with van der Waals surface area (Å²) in [6.45, 7) is 0. The third-order valence-corrected chi connectivity index (χ3v) is 3.08. The van der Waals surface area contributed by atoms with Crippen LogP contribution in [0, 0.1) is 0 Å². The maximum absolute atomic E-state index is 11.6. The number of hydrogen-bond acceptors (Lipinski definition) is 3. The van der Waals surface area contributed by atoms with Crippen molar-refractivity contribution in [3.63, 3.8) is 0 Å². The van der Waals surface area contributed by atoms with E-state index in [1.165, 1.54) is 0 Å². The third-order valence-electron chi connectivity index (χ3n) is 2.57. The van der Waals surface area contributed by atoms with Crippen molar-refractivity contribution in [2.45, 2.75) is 0 Å². The first kappa shape index (κ1) is 13.6. The number of rotatable bonds is 5. The predicted octanol–water partition coefficient (Wildman–Crippen LogP) is 4.07. The first-order valence-electron chi connectivity index (χ1n) is 5.74. The zero-order chi connectivity index (χ0) is 13.7. The first-order chi connectivity index (χ1) is 9.22. The lowest BCUT2D eigenvalue weighted by molar-refractivity contribution is 0.102. The summed E-state index contributed by atoms with van der Waals surface area (Å²) < 4.78 is 10.8. The summed E-state index contributed by atoms with van der Waals surface area (Å²) in [5, 5.41) is 0.305. The summed E-state index contributed by atoms with van der Waals surface area (Å²) in [6, 6.07) is 14.4. The molecule has 0 spiro atoms. The second-order valence-corrected chi connectivity index (χ2v) is 4.42. The molecular weight excluding hydrogens is 308 g/mol. The molecule has 0 atom stereocenters.